The number of hydrogen-bond acceptors (Lipinski definition) is 2. The highest BCUT2D eigenvalue weighted by atomic mass is 35.5. The number of aliphatic imine (C=N–C) groups is 1. The predicted molar refractivity (Wildman–Crippen MR) is 97.8 cm³/mol. The van der Waals surface area contributed by atoms with Crippen LogP contribution in [0.2, 0.25) is 5.02 Å². The third-order valence-corrected chi connectivity index (χ3v) is 5.44. The third-order valence-electron chi connectivity index (χ3n) is 5.20. The molecule has 1 aliphatic heterocycles. The molecule has 1 aromatic heterocycles. The Hall–Kier alpha value is -1.81. The lowest BCUT2D eigenvalue weighted by Crippen LogP contribution is -2.31. The van der Waals surface area contributed by atoms with E-state index in [9.17, 15) is 4.79 Å². The Bertz CT molecular complexity index is 806. The molecule has 5 heteroatoms. The van der Waals surface area contributed by atoms with Crippen molar-refractivity contribution in [3.63, 3.8) is 0 Å². The zero-order valence-corrected chi connectivity index (χ0v) is 14.6. The molecule has 2 fully saturated rings. The number of nitrogens with zero attached hydrogens (tertiary/aromatic N) is 2. The molecule has 1 saturated carbocycles. The van der Waals surface area contributed by atoms with Crippen LogP contribution in [0.15, 0.2) is 29.4 Å². The maximum atomic E-state index is 12.5. The first kappa shape index (κ1) is 15.7. The number of amides is 1. The molecular weight excluding hydrogens is 322 g/mol. The second-order valence-electron chi connectivity index (χ2n) is 6.88. The van der Waals surface area contributed by atoms with E-state index in [1.165, 1.54) is 18.4 Å². The van der Waals surface area contributed by atoms with Crippen molar-refractivity contribution in [2.24, 2.45) is 10.9 Å². The quantitative estimate of drug-likeness (QED) is 0.824. The number of carbonyl (C=O) groups is 1. The fourth-order valence-electron chi connectivity index (χ4n) is 3.66. The molecule has 1 aromatic carbocycles. The first-order valence-electron chi connectivity index (χ1n) is 8.70. The number of carbonyl (C=O) groups excluding carboxylic acids is 1. The predicted octanol–water partition coefficient (Wildman–Crippen LogP) is 3.84. The average molecular weight is 344 g/mol. The van der Waals surface area contributed by atoms with Crippen molar-refractivity contribution in [2.45, 2.75) is 38.6 Å². The second kappa shape index (κ2) is 6.25. The first-order chi connectivity index (χ1) is 11.6. The van der Waals surface area contributed by atoms with Crippen LogP contribution in [0.25, 0.3) is 10.9 Å². The molecule has 1 atom stereocenters. The number of rotatable bonds is 5. The summed E-state index contributed by atoms with van der Waals surface area (Å²) in [6.07, 6.45) is 6.16. The standard InChI is InChI=1S/C19H22ClN3O/c1-12(16-7-9-23(19(16)24)15-3-4-15)21-8-6-13-11-22-18-5-2-14(20)10-17(13)18/h2,5,10-11,15-16,22H,3-4,6-9H2,1H3. The van der Waals surface area contributed by atoms with Crippen LogP contribution in [0.3, 0.4) is 0 Å². The Morgan fingerprint density at radius 3 is 3.00 bits per heavy atom. The van der Waals surface area contributed by atoms with Crippen molar-refractivity contribution >= 4 is 34.1 Å². The summed E-state index contributed by atoms with van der Waals surface area (Å²) in [7, 11) is 0. The van der Waals surface area contributed by atoms with E-state index in [-0.39, 0.29) is 11.8 Å². The summed E-state index contributed by atoms with van der Waals surface area (Å²) < 4.78 is 0. The summed E-state index contributed by atoms with van der Waals surface area (Å²) in [4.78, 5) is 22.5. The lowest BCUT2D eigenvalue weighted by atomic mass is 10.0. The minimum atomic E-state index is 0.00279. The Labute approximate surface area is 146 Å². The van der Waals surface area contributed by atoms with Crippen LogP contribution in [0.4, 0.5) is 0 Å². The number of aromatic amines is 1. The van der Waals surface area contributed by atoms with Gasteiger partial charge in [0.25, 0.3) is 0 Å². The molecule has 4 rings (SSSR count). The van der Waals surface area contributed by atoms with Crippen molar-refractivity contribution in [3.8, 4) is 0 Å². The summed E-state index contributed by atoms with van der Waals surface area (Å²) >= 11 is 6.09. The van der Waals surface area contributed by atoms with Crippen LogP contribution < -0.4 is 0 Å². The van der Waals surface area contributed by atoms with Crippen LogP contribution in [-0.4, -0.2) is 40.6 Å². The van der Waals surface area contributed by atoms with Gasteiger partial charge in [-0.15, -0.1) is 0 Å². The molecule has 24 heavy (non-hydrogen) atoms. The molecule has 4 nitrogen and oxygen atoms in total. The van der Waals surface area contributed by atoms with Crippen molar-refractivity contribution in [1.29, 1.82) is 0 Å². The topological polar surface area (TPSA) is 48.5 Å². The van der Waals surface area contributed by atoms with Gasteiger partial charge in [-0.2, -0.15) is 0 Å². The van der Waals surface area contributed by atoms with E-state index >= 15 is 0 Å². The summed E-state index contributed by atoms with van der Waals surface area (Å²) in [5.41, 5.74) is 3.31. The van der Waals surface area contributed by atoms with Crippen LogP contribution in [-0.2, 0) is 11.2 Å². The highest BCUT2D eigenvalue weighted by Crippen LogP contribution is 2.33. The molecule has 1 unspecified atom stereocenters. The number of halogens is 1. The second-order valence-corrected chi connectivity index (χ2v) is 7.32. The van der Waals surface area contributed by atoms with Crippen molar-refractivity contribution in [3.05, 3.63) is 35.0 Å². The van der Waals surface area contributed by atoms with Crippen LogP contribution in [0.5, 0.6) is 0 Å². The number of hydrogen-bond donors (Lipinski definition) is 1. The van der Waals surface area contributed by atoms with Gasteiger partial charge >= 0.3 is 0 Å². The monoisotopic (exact) mass is 343 g/mol. The normalized spacial score (nSPS) is 21.9. The van der Waals surface area contributed by atoms with Gasteiger partial charge in [-0.05, 0) is 56.4 Å². The highest BCUT2D eigenvalue weighted by Gasteiger charge is 2.41. The minimum absolute atomic E-state index is 0.00279. The van der Waals surface area contributed by atoms with Gasteiger partial charge in [0.2, 0.25) is 5.91 Å². The van der Waals surface area contributed by atoms with E-state index in [1.54, 1.807) is 0 Å². The maximum absolute atomic E-state index is 12.5. The molecule has 2 aliphatic rings. The highest BCUT2D eigenvalue weighted by molar-refractivity contribution is 6.31. The van der Waals surface area contributed by atoms with Gasteiger partial charge in [0, 0.05) is 47.0 Å². The minimum Gasteiger partial charge on any atom is -0.361 e. The molecule has 2 heterocycles. The van der Waals surface area contributed by atoms with Crippen molar-refractivity contribution < 1.29 is 4.79 Å². The van der Waals surface area contributed by atoms with Gasteiger partial charge in [-0.3, -0.25) is 9.79 Å². The smallest absolute Gasteiger partial charge is 0.231 e. The summed E-state index contributed by atoms with van der Waals surface area (Å²) in [6.45, 7) is 3.62. The molecular formula is C19H22ClN3O. The van der Waals surface area contributed by atoms with Gasteiger partial charge < -0.3 is 9.88 Å². The zero-order valence-electron chi connectivity index (χ0n) is 13.9. The molecule has 0 radical (unpaired) electrons. The SMILES string of the molecule is CC(=NCCc1c[nH]c2ccc(Cl)cc12)C1CCN(C2CC2)C1=O. The Morgan fingerprint density at radius 1 is 1.38 bits per heavy atom. The van der Waals surface area contributed by atoms with Crippen molar-refractivity contribution in [2.75, 3.05) is 13.1 Å². The first-order valence-corrected chi connectivity index (χ1v) is 9.08. The van der Waals surface area contributed by atoms with E-state index in [4.69, 9.17) is 16.6 Å². The van der Waals surface area contributed by atoms with Crippen LogP contribution in [0.1, 0.15) is 31.7 Å². The Balaban J connectivity index is 1.41. The van der Waals surface area contributed by atoms with Gasteiger partial charge in [-0.25, -0.2) is 0 Å². The van der Waals surface area contributed by atoms with Crippen LogP contribution in [0, 0.1) is 5.92 Å². The van der Waals surface area contributed by atoms with Gasteiger partial charge in [0.15, 0.2) is 0 Å². The number of benzene rings is 1. The summed E-state index contributed by atoms with van der Waals surface area (Å²) in [5.74, 6) is 0.292. The average Bonchev–Trinajstić information content (AvgIpc) is 3.22. The molecule has 1 amide bonds. The van der Waals surface area contributed by atoms with Gasteiger partial charge in [0.05, 0.1) is 5.92 Å². The summed E-state index contributed by atoms with van der Waals surface area (Å²) in [5, 5.41) is 1.91. The molecule has 1 N–H and O–H groups in total. The van der Waals surface area contributed by atoms with Gasteiger partial charge in [-0.1, -0.05) is 11.6 Å². The number of H-pyrrole nitrogens is 1. The zero-order chi connectivity index (χ0) is 16.7. The fraction of sp³-hybridized carbons (Fsp3) is 0.474. The molecule has 0 spiro atoms. The lowest BCUT2D eigenvalue weighted by molar-refractivity contribution is -0.129. The third kappa shape index (κ3) is 2.95. The Morgan fingerprint density at radius 2 is 2.21 bits per heavy atom. The summed E-state index contributed by atoms with van der Waals surface area (Å²) in [6, 6.07) is 6.41. The molecule has 2 aromatic rings. The van der Waals surface area contributed by atoms with E-state index in [0.717, 1.165) is 41.0 Å². The Kier molecular flexibility index (Phi) is 4.09. The van der Waals surface area contributed by atoms with Gasteiger partial charge in [0.1, 0.15) is 0 Å². The molecule has 126 valence electrons. The largest absolute Gasteiger partial charge is 0.361 e. The maximum Gasteiger partial charge on any atom is 0.231 e. The van der Waals surface area contributed by atoms with E-state index in [0.29, 0.717) is 12.6 Å². The fourth-order valence-corrected chi connectivity index (χ4v) is 3.83. The number of nitrogens with one attached hydrogen (secondary N) is 1. The number of fused-ring (bicyclic) bond motifs is 1. The van der Waals surface area contributed by atoms with Crippen LogP contribution >= 0.6 is 11.6 Å². The van der Waals surface area contributed by atoms with Crippen molar-refractivity contribution in [1.82, 2.24) is 9.88 Å². The number of likely N-dealkylation sites (tertiary alicyclic amines) is 1. The lowest BCUT2D eigenvalue weighted by Gasteiger charge is -2.15. The van der Waals surface area contributed by atoms with E-state index in [1.807, 2.05) is 31.3 Å². The number of aromatic nitrogens is 1. The molecule has 1 aliphatic carbocycles. The molecule has 1 saturated heterocycles. The molecule has 0 bridgehead atoms. The van der Waals surface area contributed by atoms with E-state index < -0.39 is 0 Å². The van der Waals surface area contributed by atoms with E-state index in [2.05, 4.69) is 9.88 Å².